The molecule has 160 valence electrons. The number of likely N-dealkylation sites (tertiary alicyclic amines) is 1. The maximum absolute atomic E-state index is 13.0. The Morgan fingerprint density at radius 1 is 1.10 bits per heavy atom. The van der Waals surface area contributed by atoms with Crippen LogP contribution in [0.25, 0.3) is 0 Å². The van der Waals surface area contributed by atoms with E-state index >= 15 is 0 Å². The summed E-state index contributed by atoms with van der Waals surface area (Å²) < 4.78 is 0. The molecule has 3 aromatic rings. The molecule has 1 saturated heterocycles. The standard InChI is InChI=1S/C22H20Cl2N4O2S/c23-16-9-4-10-17(19(16)24)26-22-27-18(13-31-22)21(30)28-11-5-6-14(12-28)20(29)25-15-7-2-1-3-8-15/h1-4,7-10,13-14H,5-6,11-12H2,(H,25,29)(H,26,27). The molecule has 1 aromatic heterocycles. The van der Waals surface area contributed by atoms with Crippen LogP contribution in [0.2, 0.25) is 10.0 Å². The van der Waals surface area contributed by atoms with E-state index in [1.165, 1.54) is 11.3 Å². The van der Waals surface area contributed by atoms with E-state index in [9.17, 15) is 9.59 Å². The molecule has 4 rings (SSSR count). The first-order valence-electron chi connectivity index (χ1n) is 9.83. The summed E-state index contributed by atoms with van der Waals surface area (Å²) in [5, 5.41) is 9.12. The second kappa shape index (κ2) is 9.68. The average molecular weight is 475 g/mol. The van der Waals surface area contributed by atoms with Crippen LogP contribution in [-0.4, -0.2) is 34.8 Å². The zero-order chi connectivity index (χ0) is 21.8. The molecule has 2 aromatic carbocycles. The molecule has 31 heavy (non-hydrogen) atoms. The molecule has 0 spiro atoms. The van der Waals surface area contributed by atoms with E-state index < -0.39 is 0 Å². The number of rotatable bonds is 5. The minimum absolute atomic E-state index is 0.0695. The minimum atomic E-state index is -0.251. The molecule has 1 atom stereocenters. The van der Waals surface area contributed by atoms with Crippen LogP contribution in [0.4, 0.5) is 16.5 Å². The topological polar surface area (TPSA) is 74.3 Å². The molecule has 6 nitrogen and oxygen atoms in total. The van der Waals surface area contributed by atoms with Gasteiger partial charge in [0.2, 0.25) is 5.91 Å². The summed E-state index contributed by atoms with van der Waals surface area (Å²) in [5.74, 6) is -0.502. The van der Waals surface area contributed by atoms with E-state index in [2.05, 4.69) is 15.6 Å². The number of aromatic nitrogens is 1. The molecule has 2 heterocycles. The first kappa shape index (κ1) is 21.6. The molecular formula is C22H20Cl2N4O2S. The number of hydrogen-bond donors (Lipinski definition) is 2. The van der Waals surface area contributed by atoms with Gasteiger partial charge in [-0.2, -0.15) is 0 Å². The lowest BCUT2D eigenvalue weighted by molar-refractivity contribution is -0.121. The van der Waals surface area contributed by atoms with Crippen LogP contribution in [0.5, 0.6) is 0 Å². The first-order valence-corrected chi connectivity index (χ1v) is 11.5. The van der Waals surface area contributed by atoms with Gasteiger partial charge in [0.05, 0.1) is 21.7 Å². The summed E-state index contributed by atoms with van der Waals surface area (Å²) in [7, 11) is 0. The Morgan fingerprint density at radius 2 is 1.90 bits per heavy atom. The Morgan fingerprint density at radius 3 is 2.71 bits per heavy atom. The van der Waals surface area contributed by atoms with Gasteiger partial charge in [-0.05, 0) is 37.1 Å². The van der Waals surface area contributed by atoms with Crippen LogP contribution in [-0.2, 0) is 4.79 Å². The molecule has 9 heteroatoms. The summed E-state index contributed by atoms with van der Waals surface area (Å²) in [6.45, 7) is 0.978. The third kappa shape index (κ3) is 5.18. The van der Waals surface area contributed by atoms with Crippen molar-refractivity contribution in [3.63, 3.8) is 0 Å². The molecule has 2 N–H and O–H groups in total. The summed E-state index contributed by atoms with van der Waals surface area (Å²) >= 11 is 13.6. The monoisotopic (exact) mass is 474 g/mol. The van der Waals surface area contributed by atoms with E-state index in [0.717, 1.165) is 18.5 Å². The van der Waals surface area contributed by atoms with Gasteiger partial charge >= 0.3 is 0 Å². The second-order valence-corrected chi connectivity index (χ2v) is 8.85. The van der Waals surface area contributed by atoms with Gasteiger partial charge < -0.3 is 15.5 Å². The summed E-state index contributed by atoms with van der Waals surface area (Å²) in [6, 6.07) is 14.6. The number of piperidine rings is 1. The number of halogens is 2. The van der Waals surface area contributed by atoms with E-state index in [4.69, 9.17) is 23.2 Å². The number of thiazole rings is 1. The Bertz CT molecular complexity index is 1090. The SMILES string of the molecule is O=C(Nc1ccccc1)C1CCCN(C(=O)c2csc(Nc3cccc(Cl)c3Cl)n2)C1. The molecule has 1 aliphatic heterocycles. The van der Waals surface area contributed by atoms with Crippen molar-refractivity contribution in [2.45, 2.75) is 12.8 Å². The van der Waals surface area contributed by atoms with Crippen molar-refractivity contribution in [2.75, 3.05) is 23.7 Å². The smallest absolute Gasteiger partial charge is 0.273 e. The normalized spacial score (nSPS) is 16.1. The predicted octanol–water partition coefficient (Wildman–Crippen LogP) is 5.68. The van der Waals surface area contributed by atoms with Crippen molar-refractivity contribution >= 4 is 62.9 Å². The number of nitrogens with zero attached hydrogens (tertiary/aromatic N) is 2. The number of para-hydroxylation sites is 1. The van der Waals surface area contributed by atoms with Crippen molar-refractivity contribution in [3.8, 4) is 0 Å². The largest absolute Gasteiger partial charge is 0.336 e. The quantitative estimate of drug-likeness (QED) is 0.498. The lowest BCUT2D eigenvalue weighted by atomic mass is 9.96. The van der Waals surface area contributed by atoms with Crippen LogP contribution in [0.1, 0.15) is 23.3 Å². The van der Waals surface area contributed by atoms with E-state index in [1.807, 2.05) is 30.3 Å². The van der Waals surface area contributed by atoms with Gasteiger partial charge in [0.1, 0.15) is 5.69 Å². The third-order valence-corrected chi connectivity index (χ3v) is 6.61. The van der Waals surface area contributed by atoms with Gasteiger partial charge in [-0.25, -0.2) is 4.98 Å². The van der Waals surface area contributed by atoms with Gasteiger partial charge in [0.15, 0.2) is 5.13 Å². The molecular weight excluding hydrogens is 455 g/mol. The van der Waals surface area contributed by atoms with Crippen molar-refractivity contribution in [3.05, 3.63) is 69.7 Å². The first-order chi connectivity index (χ1) is 15.0. The maximum atomic E-state index is 13.0. The zero-order valence-corrected chi connectivity index (χ0v) is 18.8. The Balaban J connectivity index is 1.40. The summed E-state index contributed by atoms with van der Waals surface area (Å²) in [4.78, 5) is 31.7. The summed E-state index contributed by atoms with van der Waals surface area (Å²) in [5.41, 5.74) is 1.72. The average Bonchev–Trinajstić information content (AvgIpc) is 3.26. The number of nitrogens with one attached hydrogen (secondary N) is 2. The van der Waals surface area contributed by atoms with Crippen LogP contribution in [0.3, 0.4) is 0 Å². The van der Waals surface area contributed by atoms with E-state index in [1.54, 1.807) is 28.5 Å². The van der Waals surface area contributed by atoms with E-state index in [0.29, 0.717) is 39.6 Å². The Kier molecular flexibility index (Phi) is 6.75. The van der Waals surface area contributed by atoms with Crippen molar-refractivity contribution < 1.29 is 9.59 Å². The zero-order valence-electron chi connectivity index (χ0n) is 16.5. The number of carbonyl (C=O) groups is 2. The molecule has 1 unspecified atom stereocenters. The van der Waals surface area contributed by atoms with E-state index in [-0.39, 0.29) is 17.7 Å². The van der Waals surface area contributed by atoms with Crippen LogP contribution in [0, 0.1) is 5.92 Å². The number of anilines is 3. The second-order valence-electron chi connectivity index (χ2n) is 7.21. The Labute approximate surface area is 194 Å². The lowest BCUT2D eigenvalue weighted by Crippen LogP contribution is -2.43. The molecule has 2 amide bonds. The number of amides is 2. The fraction of sp³-hybridized carbons (Fsp3) is 0.227. The van der Waals surface area contributed by atoms with Gasteiger partial charge in [-0.1, -0.05) is 47.5 Å². The predicted molar refractivity (Wildman–Crippen MR) is 126 cm³/mol. The van der Waals surface area contributed by atoms with Crippen molar-refractivity contribution in [1.82, 2.24) is 9.88 Å². The van der Waals surface area contributed by atoms with Gasteiger partial charge in [0.25, 0.3) is 5.91 Å². The van der Waals surface area contributed by atoms with Gasteiger partial charge in [0, 0.05) is 24.2 Å². The highest BCUT2D eigenvalue weighted by Gasteiger charge is 2.30. The molecule has 0 radical (unpaired) electrons. The van der Waals surface area contributed by atoms with Crippen LogP contribution >= 0.6 is 34.5 Å². The van der Waals surface area contributed by atoms with Gasteiger partial charge in [-0.3, -0.25) is 9.59 Å². The Hall–Kier alpha value is -2.61. The highest BCUT2D eigenvalue weighted by Crippen LogP contribution is 2.32. The molecule has 1 fully saturated rings. The fourth-order valence-electron chi connectivity index (χ4n) is 3.45. The van der Waals surface area contributed by atoms with Crippen molar-refractivity contribution in [2.24, 2.45) is 5.92 Å². The number of hydrogen-bond acceptors (Lipinski definition) is 5. The number of benzene rings is 2. The van der Waals surface area contributed by atoms with Gasteiger partial charge in [-0.15, -0.1) is 11.3 Å². The fourth-order valence-corrected chi connectivity index (χ4v) is 4.49. The minimum Gasteiger partial charge on any atom is -0.336 e. The molecule has 1 aliphatic rings. The number of carbonyl (C=O) groups excluding carboxylic acids is 2. The lowest BCUT2D eigenvalue weighted by Gasteiger charge is -2.31. The maximum Gasteiger partial charge on any atom is 0.273 e. The summed E-state index contributed by atoms with van der Waals surface area (Å²) in [6.07, 6.45) is 1.52. The van der Waals surface area contributed by atoms with Crippen LogP contribution in [0.15, 0.2) is 53.9 Å². The molecule has 0 bridgehead atoms. The van der Waals surface area contributed by atoms with Crippen molar-refractivity contribution in [1.29, 1.82) is 0 Å². The highest BCUT2D eigenvalue weighted by molar-refractivity contribution is 7.14. The highest BCUT2D eigenvalue weighted by atomic mass is 35.5. The molecule has 0 saturated carbocycles. The van der Waals surface area contributed by atoms with Crippen LogP contribution < -0.4 is 10.6 Å². The third-order valence-electron chi connectivity index (χ3n) is 5.04. The molecule has 0 aliphatic carbocycles.